The van der Waals surface area contributed by atoms with Crippen molar-refractivity contribution in [2.24, 2.45) is 11.5 Å². The Kier molecular flexibility index (Phi) is 3.81. The number of hydrogen-bond acceptors (Lipinski definition) is 4. The van der Waals surface area contributed by atoms with Crippen molar-refractivity contribution in [3.63, 3.8) is 0 Å². The van der Waals surface area contributed by atoms with Gasteiger partial charge in [0.2, 0.25) is 0 Å². The molecule has 5 nitrogen and oxygen atoms in total. The molecule has 2 atom stereocenters. The lowest BCUT2D eigenvalue weighted by Gasteiger charge is -2.16. The first kappa shape index (κ1) is 12.4. The third-order valence-electron chi connectivity index (χ3n) is 2.23. The second-order valence-electron chi connectivity index (χ2n) is 3.28. The van der Waals surface area contributed by atoms with Crippen molar-refractivity contribution in [3.05, 3.63) is 29.6 Å². The number of carboxylic acid groups (broad SMARTS) is 1. The highest BCUT2D eigenvalue weighted by atomic mass is 19.1. The van der Waals surface area contributed by atoms with E-state index >= 15 is 0 Å². The maximum absolute atomic E-state index is 13.3. The summed E-state index contributed by atoms with van der Waals surface area (Å²) in [4.78, 5) is 10.6. The molecule has 88 valence electrons. The molecule has 0 spiro atoms. The molecule has 0 saturated carbocycles. The van der Waals surface area contributed by atoms with Gasteiger partial charge in [-0.1, -0.05) is 6.07 Å². The molecular formula is C10H13FN2O3. The number of carboxylic acids is 1. The molecule has 0 radical (unpaired) electrons. The van der Waals surface area contributed by atoms with Crippen LogP contribution < -0.4 is 16.2 Å². The fraction of sp³-hybridized carbons (Fsp3) is 0.300. The van der Waals surface area contributed by atoms with E-state index in [0.29, 0.717) is 5.56 Å². The predicted molar refractivity (Wildman–Crippen MR) is 55.5 cm³/mol. The maximum Gasteiger partial charge on any atom is 0.322 e. The molecule has 0 heterocycles. The summed E-state index contributed by atoms with van der Waals surface area (Å²) >= 11 is 0. The van der Waals surface area contributed by atoms with Gasteiger partial charge in [0, 0.05) is 0 Å². The maximum atomic E-state index is 13.3. The van der Waals surface area contributed by atoms with Crippen molar-refractivity contribution in [2.45, 2.75) is 12.1 Å². The number of ether oxygens (including phenoxy) is 1. The Balaban J connectivity index is 2.97. The van der Waals surface area contributed by atoms with Crippen molar-refractivity contribution >= 4 is 5.97 Å². The first-order chi connectivity index (χ1) is 7.47. The van der Waals surface area contributed by atoms with Crippen LogP contribution in [0.3, 0.4) is 0 Å². The molecular weight excluding hydrogens is 215 g/mol. The number of methoxy groups -OCH3 is 1. The zero-order chi connectivity index (χ0) is 12.3. The van der Waals surface area contributed by atoms with Crippen LogP contribution in [0.1, 0.15) is 11.6 Å². The highest BCUT2D eigenvalue weighted by molar-refractivity contribution is 5.74. The smallest absolute Gasteiger partial charge is 0.322 e. The Morgan fingerprint density at radius 1 is 1.50 bits per heavy atom. The van der Waals surface area contributed by atoms with Crippen molar-refractivity contribution in [1.82, 2.24) is 0 Å². The van der Waals surface area contributed by atoms with Gasteiger partial charge >= 0.3 is 5.97 Å². The molecule has 16 heavy (non-hydrogen) atoms. The highest BCUT2D eigenvalue weighted by Gasteiger charge is 2.22. The number of nitrogens with two attached hydrogens (primary N) is 2. The first-order valence-electron chi connectivity index (χ1n) is 4.54. The zero-order valence-corrected chi connectivity index (χ0v) is 8.68. The van der Waals surface area contributed by atoms with E-state index in [9.17, 15) is 9.18 Å². The van der Waals surface area contributed by atoms with E-state index in [1.54, 1.807) is 0 Å². The lowest BCUT2D eigenvalue weighted by atomic mass is 10.0. The normalized spacial score (nSPS) is 14.2. The quantitative estimate of drug-likeness (QED) is 0.686. The van der Waals surface area contributed by atoms with E-state index < -0.39 is 23.9 Å². The largest absolute Gasteiger partial charge is 0.494 e. The summed E-state index contributed by atoms with van der Waals surface area (Å²) in [5, 5.41) is 8.66. The first-order valence-corrected chi connectivity index (χ1v) is 4.54. The summed E-state index contributed by atoms with van der Waals surface area (Å²) in [6, 6.07) is 1.74. The molecule has 0 aliphatic rings. The lowest BCUT2D eigenvalue weighted by Crippen LogP contribution is -2.40. The van der Waals surface area contributed by atoms with Gasteiger partial charge in [0.25, 0.3) is 0 Å². The van der Waals surface area contributed by atoms with Gasteiger partial charge in [-0.3, -0.25) is 4.79 Å². The average Bonchev–Trinajstić information content (AvgIpc) is 2.26. The monoisotopic (exact) mass is 228 g/mol. The molecule has 0 bridgehead atoms. The molecule has 1 aromatic carbocycles. The van der Waals surface area contributed by atoms with Crippen LogP contribution in [0.15, 0.2) is 18.2 Å². The number of aliphatic carboxylic acids is 1. The van der Waals surface area contributed by atoms with Gasteiger partial charge in [0.15, 0.2) is 11.6 Å². The predicted octanol–water partition coefficient (Wildman–Crippen LogP) is 0.246. The van der Waals surface area contributed by atoms with E-state index in [0.717, 1.165) is 6.07 Å². The third-order valence-corrected chi connectivity index (χ3v) is 2.23. The standard InChI is InChI=1S/C10H13FN2O3/c1-16-7-3-2-5(4-6(7)11)8(12)9(13)10(14)15/h2-4,8-9H,12-13H2,1H3,(H,14,15). The van der Waals surface area contributed by atoms with Gasteiger partial charge in [-0.25, -0.2) is 4.39 Å². The highest BCUT2D eigenvalue weighted by Crippen LogP contribution is 2.21. The summed E-state index contributed by atoms with van der Waals surface area (Å²) in [6.45, 7) is 0. The molecule has 5 N–H and O–H groups in total. The van der Waals surface area contributed by atoms with Crippen LogP contribution in [-0.4, -0.2) is 24.2 Å². The van der Waals surface area contributed by atoms with Crippen LogP contribution in [0, 0.1) is 5.82 Å². The fourth-order valence-corrected chi connectivity index (χ4v) is 1.25. The number of carbonyl (C=O) groups is 1. The van der Waals surface area contributed by atoms with Crippen molar-refractivity contribution in [1.29, 1.82) is 0 Å². The van der Waals surface area contributed by atoms with Gasteiger partial charge in [-0.15, -0.1) is 0 Å². The molecule has 0 amide bonds. The Labute approximate surface area is 91.8 Å². The van der Waals surface area contributed by atoms with Crippen LogP contribution in [-0.2, 0) is 4.79 Å². The molecule has 0 aromatic heterocycles. The molecule has 6 heteroatoms. The lowest BCUT2D eigenvalue weighted by molar-refractivity contribution is -0.139. The molecule has 0 aliphatic heterocycles. The molecule has 1 rings (SSSR count). The minimum Gasteiger partial charge on any atom is -0.494 e. The fourth-order valence-electron chi connectivity index (χ4n) is 1.25. The minimum atomic E-state index is -1.27. The topological polar surface area (TPSA) is 98.6 Å². The van der Waals surface area contributed by atoms with Crippen molar-refractivity contribution in [2.75, 3.05) is 7.11 Å². The summed E-state index contributed by atoms with van der Waals surface area (Å²) < 4.78 is 18.0. The van der Waals surface area contributed by atoms with Gasteiger partial charge in [-0.2, -0.15) is 0 Å². The number of hydrogen-bond donors (Lipinski definition) is 3. The molecule has 0 fully saturated rings. The van der Waals surface area contributed by atoms with Crippen molar-refractivity contribution < 1.29 is 19.0 Å². The molecule has 1 aromatic rings. The Bertz CT molecular complexity index is 398. The number of halogens is 1. The van der Waals surface area contributed by atoms with Crippen LogP contribution >= 0.6 is 0 Å². The second kappa shape index (κ2) is 4.91. The van der Waals surface area contributed by atoms with Crippen LogP contribution in [0.5, 0.6) is 5.75 Å². The van der Waals surface area contributed by atoms with Gasteiger partial charge in [0.1, 0.15) is 6.04 Å². The van der Waals surface area contributed by atoms with E-state index in [1.807, 2.05) is 0 Å². The summed E-state index contributed by atoms with van der Waals surface area (Å²) in [5.41, 5.74) is 11.2. The van der Waals surface area contributed by atoms with Gasteiger partial charge < -0.3 is 21.3 Å². The minimum absolute atomic E-state index is 0.0693. The molecule has 2 unspecified atom stereocenters. The second-order valence-corrected chi connectivity index (χ2v) is 3.28. The summed E-state index contributed by atoms with van der Waals surface area (Å²) in [7, 11) is 1.33. The van der Waals surface area contributed by atoms with Crippen molar-refractivity contribution in [3.8, 4) is 5.75 Å². The SMILES string of the molecule is COc1ccc(C(N)C(N)C(=O)O)cc1F. The average molecular weight is 228 g/mol. The Morgan fingerprint density at radius 3 is 2.56 bits per heavy atom. The van der Waals surface area contributed by atoms with Gasteiger partial charge in [0.05, 0.1) is 13.2 Å². The number of benzene rings is 1. The third kappa shape index (κ3) is 2.47. The Hall–Kier alpha value is -1.66. The number of rotatable bonds is 4. The van der Waals surface area contributed by atoms with E-state index in [-0.39, 0.29) is 5.75 Å². The van der Waals surface area contributed by atoms with E-state index in [1.165, 1.54) is 19.2 Å². The zero-order valence-electron chi connectivity index (χ0n) is 8.68. The van der Waals surface area contributed by atoms with Crippen LogP contribution in [0.25, 0.3) is 0 Å². The summed E-state index contributed by atoms with van der Waals surface area (Å²) in [6.07, 6.45) is 0. The van der Waals surface area contributed by atoms with Crippen LogP contribution in [0.4, 0.5) is 4.39 Å². The van der Waals surface area contributed by atoms with E-state index in [4.69, 9.17) is 21.3 Å². The van der Waals surface area contributed by atoms with Gasteiger partial charge in [-0.05, 0) is 17.7 Å². The Morgan fingerprint density at radius 2 is 2.12 bits per heavy atom. The van der Waals surface area contributed by atoms with E-state index in [2.05, 4.69) is 0 Å². The van der Waals surface area contributed by atoms with Crippen LogP contribution in [0.2, 0.25) is 0 Å². The summed E-state index contributed by atoms with van der Waals surface area (Å²) in [5.74, 6) is -1.77. The molecule has 0 saturated heterocycles. The molecule has 0 aliphatic carbocycles.